The molecule has 9 atom stereocenters. The zero-order chi connectivity index (χ0) is 56.4. The van der Waals surface area contributed by atoms with Gasteiger partial charge in [0.15, 0.2) is 0 Å². The number of carbonyl (C=O) groups excluding carboxylic acids is 4. The Labute approximate surface area is 472 Å². The molecule has 1 spiro atoms. The van der Waals surface area contributed by atoms with E-state index < -0.39 is 59.1 Å². The number of likely N-dealkylation sites (tertiary alicyclic amines) is 2. The van der Waals surface area contributed by atoms with Crippen LogP contribution in [0, 0.1) is 29.6 Å². The van der Waals surface area contributed by atoms with Crippen LogP contribution in [0.3, 0.4) is 0 Å². The second kappa shape index (κ2) is 22.5. The van der Waals surface area contributed by atoms with Crippen LogP contribution in [0.2, 0.25) is 0 Å². The maximum absolute atomic E-state index is 15.2. The number of carbonyl (C=O) groups is 4. The van der Waals surface area contributed by atoms with Crippen molar-refractivity contribution < 1.29 is 37.3 Å². The molecule has 80 heavy (non-hydrogen) atoms. The van der Waals surface area contributed by atoms with Gasteiger partial charge < -0.3 is 24.3 Å². The number of aryl methyl sites for hydroxylation is 2. The number of nitrogens with one attached hydrogen (secondary N) is 2. The number of hydrogen-bond acceptors (Lipinski definition) is 10. The summed E-state index contributed by atoms with van der Waals surface area (Å²) in [5, 5.41) is 5.71. The van der Waals surface area contributed by atoms with E-state index in [2.05, 4.69) is 65.2 Å². The number of cyclic esters (lactones) is 1. The van der Waals surface area contributed by atoms with Crippen molar-refractivity contribution in [2.45, 2.75) is 154 Å². The van der Waals surface area contributed by atoms with Gasteiger partial charge >= 0.3 is 5.97 Å². The van der Waals surface area contributed by atoms with Gasteiger partial charge in [-0.25, -0.2) is 18.3 Å². The van der Waals surface area contributed by atoms with Gasteiger partial charge in [0.25, 0.3) is 5.91 Å². The number of aromatic nitrogens is 2. The highest BCUT2D eigenvalue weighted by Crippen LogP contribution is 2.51. The maximum Gasteiger partial charge on any atom is 0.324 e. The van der Waals surface area contributed by atoms with E-state index in [-0.39, 0.29) is 48.3 Å². The molecule has 15 nitrogen and oxygen atoms in total. The standard InChI is InChI=1S/C63H79FN8O7S/c1-9-70-52-21-18-44-32-48(52)49(56(70)47-12-10-24-65-53(47)40(5)78-8)33-62(6,7)37-79-61(76)50-13-11-25-71(67-50)59(74)51(31-41-28-42(34-64)30-45(44)29-41)66-58(73)54(38(2)3)68-26-22-63(35-68)23-27-69(36-63)60(75)57-55(43-16-17-43)72(57)80(77)46-19-14-39(4)15-20-46/h10,12,14-15,18-21,24,28-30,32,38,40,43,50-51,54-55,57,67H,9,11,13,16-17,22-23,25-27,31,33-37H2,1-8H3,(H,66,73)/t40-,50-,51-,54-,55+,57+,63-,72?,80+/m0/s1. The molecule has 5 fully saturated rings. The molecule has 2 aromatic heterocycles. The third kappa shape index (κ3) is 11.0. The molecule has 3 amide bonds. The van der Waals surface area contributed by atoms with Crippen LogP contribution in [0.25, 0.3) is 33.3 Å². The summed E-state index contributed by atoms with van der Waals surface area (Å²) in [6.45, 7) is 17.2. The Morgan fingerprint density at radius 1 is 0.963 bits per heavy atom. The van der Waals surface area contributed by atoms with Gasteiger partial charge in [-0.05, 0) is 154 Å². The topological polar surface area (TPSA) is 158 Å². The molecule has 7 heterocycles. The molecule has 5 aliphatic heterocycles. The minimum Gasteiger partial charge on any atom is -0.464 e. The zero-order valence-electron chi connectivity index (χ0n) is 47.8. The summed E-state index contributed by atoms with van der Waals surface area (Å²) in [6.07, 6.45) is 6.82. The number of esters is 1. The molecule has 17 heteroatoms. The van der Waals surface area contributed by atoms with Gasteiger partial charge in [-0.2, -0.15) is 0 Å². The number of ether oxygens (including phenoxy) is 2. The fourth-order valence-electron chi connectivity index (χ4n) is 13.6. The Bertz CT molecular complexity index is 3220. The summed E-state index contributed by atoms with van der Waals surface area (Å²) in [4.78, 5) is 68.5. The number of nitrogens with zero attached hydrogens (tertiary/aromatic N) is 6. The summed E-state index contributed by atoms with van der Waals surface area (Å²) < 4.78 is 45.3. The van der Waals surface area contributed by atoms with E-state index in [4.69, 9.17) is 14.5 Å². The number of hydrogen-bond donors (Lipinski definition) is 2. The third-order valence-corrected chi connectivity index (χ3v) is 19.5. The van der Waals surface area contributed by atoms with Gasteiger partial charge in [-0.15, -0.1) is 0 Å². The highest BCUT2D eigenvalue weighted by molar-refractivity contribution is 7.83. The molecular formula is C63H79FN8O7S. The second-order valence-corrected chi connectivity index (χ2v) is 26.3. The average Bonchev–Trinajstić information content (AvgIpc) is 4.45. The third-order valence-electron chi connectivity index (χ3n) is 18.0. The van der Waals surface area contributed by atoms with Crippen molar-refractivity contribution in [2.75, 3.05) is 46.4 Å². The number of amides is 3. The zero-order valence-corrected chi connectivity index (χ0v) is 48.6. The summed E-state index contributed by atoms with van der Waals surface area (Å²) >= 11 is 0. The number of methoxy groups -OCH3 is 1. The van der Waals surface area contributed by atoms with Crippen molar-refractivity contribution in [1.82, 2.24) is 39.4 Å². The molecular weight excluding hydrogens is 1030 g/mol. The van der Waals surface area contributed by atoms with E-state index in [1.54, 1.807) is 19.4 Å². The van der Waals surface area contributed by atoms with Crippen molar-refractivity contribution in [3.05, 3.63) is 107 Å². The highest BCUT2D eigenvalue weighted by Gasteiger charge is 2.63. The molecule has 4 saturated heterocycles. The van der Waals surface area contributed by atoms with Crippen molar-refractivity contribution in [3.63, 3.8) is 0 Å². The van der Waals surface area contributed by atoms with Gasteiger partial charge in [-0.3, -0.25) is 34.1 Å². The molecule has 1 aliphatic carbocycles. The van der Waals surface area contributed by atoms with Crippen LogP contribution in [0.4, 0.5) is 4.39 Å². The van der Waals surface area contributed by atoms with Gasteiger partial charge in [0.2, 0.25) is 11.8 Å². The van der Waals surface area contributed by atoms with E-state index in [0.29, 0.717) is 75.6 Å². The first kappa shape index (κ1) is 56.0. The number of pyridine rings is 1. The highest BCUT2D eigenvalue weighted by atomic mass is 32.2. The minimum absolute atomic E-state index is 0.0117. The van der Waals surface area contributed by atoms with Gasteiger partial charge in [0.05, 0.1) is 41.1 Å². The largest absolute Gasteiger partial charge is 0.464 e. The number of alkyl halides is 1. The fourth-order valence-corrected chi connectivity index (χ4v) is 15.1. The maximum atomic E-state index is 15.2. The van der Waals surface area contributed by atoms with Gasteiger partial charge in [-0.1, -0.05) is 63.6 Å². The molecule has 1 unspecified atom stereocenters. The van der Waals surface area contributed by atoms with E-state index in [0.717, 1.165) is 80.7 Å². The Kier molecular flexibility index (Phi) is 15.7. The van der Waals surface area contributed by atoms with E-state index in [1.165, 1.54) is 5.01 Å². The van der Waals surface area contributed by atoms with Crippen LogP contribution >= 0.6 is 0 Å². The molecule has 6 bridgehead atoms. The summed E-state index contributed by atoms with van der Waals surface area (Å²) in [6, 6.07) is 20.9. The number of fused-ring (bicyclic) bond motifs is 6. The van der Waals surface area contributed by atoms with E-state index in [1.807, 2.05) is 79.4 Å². The Balaban J connectivity index is 0.886. The van der Waals surface area contributed by atoms with Crippen LogP contribution in [0.5, 0.6) is 0 Å². The first-order chi connectivity index (χ1) is 38.4. The summed E-state index contributed by atoms with van der Waals surface area (Å²) in [5.41, 5.74) is 11.2. The number of rotatable bonds is 13. The van der Waals surface area contributed by atoms with Crippen LogP contribution in [0.15, 0.2) is 83.9 Å². The van der Waals surface area contributed by atoms with E-state index >= 15 is 14.0 Å². The number of hydrazine groups is 1. The molecule has 426 valence electrons. The molecule has 6 aliphatic rings. The number of halogens is 1. The Morgan fingerprint density at radius 3 is 2.46 bits per heavy atom. The minimum atomic E-state index is -1.42. The van der Waals surface area contributed by atoms with Crippen molar-refractivity contribution in [1.29, 1.82) is 0 Å². The first-order valence-corrected chi connectivity index (χ1v) is 30.2. The normalized spacial score (nSPS) is 26.4. The van der Waals surface area contributed by atoms with Crippen LogP contribution in [-0.4, -0.2) is 133 Å². The average molecular weight is 1110 g/mol. The lowest BCUT2D eigenvalue weighted by molar-refractivity contribution is -0.155. The van der Waals surface area contributed by atoms with Crippen molar-refractivity contribution in [2.24, 2.45) is 22.7 Å². The lowest BCUT2D eigenvalue weighted by Crippen LogP contribution is -2.62. The van der Waals surface area contributed by atoms with Crippen LogP contribution < -0.4 is 10.7 Å². The lowest BCUT2D eigenvalue weighted by atomic mass is 9.84. The summed E-state index contributed by atoms with van der Waals surface area (Å²) in [5.74, 6) is -0.834. The van der Waals surface area contributed by atoms with Crippen molar-refractivity contribution in [3.8, 4) is 22.4 Å². The number of benzene rings is 3. The predicted molar refractivity (Wildman–Crippen MR) is 307 cm³/mol. The van der Waals surface area contributed by atoms with Crippen LogP contribution in [0.1, 0.15) is 114 Å². The fraction of sp³-hybridized carbons (Fsp3) is 0.540. The van der Waals surface area contributed by atoms with Crippen molar-refractivity contribution >= 4 is 45.6 Å². The second-order valence-electron chi connectivity index (χ2n) is 24.9. The molecule has 1 saturated carbocycles. The SMILES string of the molecule is CCn1c(-c2cccnc2[C@H](C)OC)c2c3cc(ccc31)-c1cc(CF)cc(c1)C[C@H](NC(=O)[C@H](C(C)C)N1CC[C@]3(CCN(C(=O)[C@H]4[C@@H](C5CC5)N4[S@](=O)c4ccc(C)cc4)C3)C1)C(=O)N1CCC[C@H](N1)C(=O)OCC(C)(C)C2. The lowest BCUT2D eigenvalue weighted by Gasteiger charge is -2.37. The monoisotopic (exact) mass is 1110 g/mol. The predicted octanol–water partition coefficient (Wildman–Crippen LogP) is 8.66. The molecule has 5 aromatic rings. The molecule has 2 N–H and O–H groups in total. The summed E-state index contributed by atoms with van der Waals surface area (Å²) in [7, 11) is 0.260. The van der Waals surface area contributed by atoms with Gasteiger partial charge in [0.1, 0.15) is 35.8 Å². The smallest absolute Gasteiger partial charge is 0.324 e. The Morgan fingerprint density at radius 2 is 1.74 bits per heavy atom. The van der Waals surface area contributed by atoms with Gasteiger partial charge in [0, 0.05) is 79.7 Å². The Hall–Kier alpha value is -5.85. The van der Waals surface area contributed by atoms with Crippen LogP contribution in [-0.2, 0) is 65.7 Å². The molecule has 0 radical (unpaired) electrons. The molecule has 3 aromatic carbocycles. The molecule has 11 rings (SSSR count). The van der Waals surface area contributed by atoms with E-state index in [9.17, 15) is 13.8 Å². The quantitative estimate of drug-likeness (QED) is 0.0864. The first-order valence-electron chi connectivity index (χ1n) is 29.1.